The molecular formula is C17H22O6. The lowest BCUT2D eigenvalue weighted by molar-refractivity contribution is 0.0219. The molecular weight excluding hydrogens is 300 g/mol. The van der Waals surface area contributed by atoms with Gasteiger partial charge in [0, 0.05) is 0 Å². The van der Waals surface area contributed by atoms with E-state index >= 15 is 0 Å². The van der Waals surface area contributed by atoms with E-state index in [0.717, 1.165) is 5.57 Å². The van der Waals surface area contributed by atoms with Crippen LogP contribution < -0.4 is 0 Å². The van der Waals surface area contributed by atoms with Crippen LogP contribution in [0.1, 0.15) is 47.4 Å². The maximum absolute atomic E-state index is 11.9. The maximum atomic E-state index is 11.9. The summed E-state index contributed by atoms with van der Waals surface area (Å²) in [6.07, 6.45) is 1.87. The van der Waals surface area contributed by atoms with Crippen molar-refractivity contribution < 1.29 is 29.3 Å². The Kier molecular flexibility index (Phi) is 7.83. The van der Waals surface area contributed by atoms with Gasteiger partial charge in [0.2, 0.25) is 0 Å². The number of hydrogen-bond acceptors (Lipinski definition) is 5. The van der Waals surface area contributed by atoms with Crippen molar-refractivity contribution in [1.82, 2.24) is 0 Å². The van der Waals surface area contributed by atoms with E-state index < -0.39 is 18.0 Å². The number of carboxylic acid groups (broad SMARTS) is 1. The summed E-state index contributed by atoms with van der Waals surface area (Å²) in [5, 5.41) is 18.8. The molecule has 1 unspecified atom stereocenters. The van der Waals surface area contributed by atoms with Crippen LogP contribution in [0.2, 0.25) is 0 Å². The normalized spacial score (nSPS) is 11.4. The van der Waals surface area contributed by atoms with Crippen LogP contribution in [0, 0.1) is 0 Å². The molecule has 23 heavy (non-hydrogen) atoms. The average Bonchev–Trinajstić information content (AvgIpc) is 2.51. The monoisotopic (exact) mass is 322 g/mol. The molecule has 0 aliphatic heterocycles. The van der Waals surface area contributed by atoms with Gasteiger partial charge in [-0.2, -0.15) is 0 Å². The van der Waals surface area contributed by atoms with E-state index in [1.54, 1.807) is 12.3 Å². The fourth-order valence-corrected chi connectivity index (χ4v) is 1.81. The maximum Gasteiger partial charge on any atom is 0.339 e. The molecule has 6 nitrogen and oxygen atoms in total. The van der Waals surface area contributed by atoms with Gasteiger partial charge in [-0.1, -0.05) is 12.1 Å². The largest absolute Gasteiger partial charge is 0.501 e. The van der Waals surface area contributed by atoms with E-state index in [-0.39, 0.29) is 17.7 Å². The van der Waals surface area contributed by atoms with E-state index in [0.29, 0.717) is 19.4 Å². The zero-order valence-electron chi connectivity index (χ0n) is 13.3. The highest BCUT2D eigenvalue weighted by atomic mass is 16.5. The van der Waals surface area contributed by atoms with E-state index in [9.17, 15) is 14.7 Å². The summed E-state index contributed by atoms with van der Waals surface area (Å²) in [5.74, 6) is -1.96. The quantitative estimate of drug-likeness (QED) is 0.412. The fourth-order valence-electron chi connectivity index (χ4n) is 1.81. The van der Waals surface area contributed by atoms with Gasteiger partial charge in [0.25, 0.3) is 0 Å². The fraction of sp³-hybridized carbons (Fsp3) is 0.412. The van der Waals surface area contributed by atoms with Crippen LogP contribution in [0.4, 0.5) is 0 Å². The van der Waals surface area contributed by atoms with Crippen LogP contribution in [0.3, 0.4) is 0 Å². The summed E-state index contributed by atoms with van der Waals surface area (Å²) in [6.45, 7) is 4.12. The molecule has 6 heteroatoms. The van der Waals surface area contributed by atoms with Gasteiger partial charge in [-0.05, 0) is 44.4 Å². The Bertz CT molecular complexity index is 560. The number of benzene rings is 1. The Hall–Kier alpha value is -2.34. The summed E-state index contributed by atoms with van der Waals surface area (Å²) in [4.78, 5) is 22.9. The lowest BCUT2D eigenvalue weighted by Gasteiger charge is -2.12. The third-order valence-corrected chi connectivity index (χ3v) is 2.90. The van der Waals surface area contributed by atoms with Crippen LogP contribution in [-0.4, -0.2) is 41.5 Å². The molecule has 0 radical (unpaired) electrons. The zero-order chi connectivity index (χ0) is 17.2. The van der Waals surface area contributed by atoms with Crippen LogP contribution in [-0.2, 0) is 9.47 Å². The highest BCUT2D eigenvalue weighted by molar-refractivity contribution is 6.02. The van der Waals surface area contributed by atoms with Crippen molar-refractivity contribution in [3.63, 3.8) is 0 Å². The number of hydrogen-bond donors (Lipinski definition) is 2. The first-order valence-electron chi connectivity index (χ1n) is 7.34. The van der Waals surface area contributed by atoms with Crippen molar-refractivity contribution >= 4 is 11.9 Å². The number of aliphatic hydroxyl groups is 1. The van der Waals surface area contributed by atoms with Crippen molar-refractivity contribution in [1.29, 1.82) is 0 Å². The molecule has 1 aromatic carbocycles. The minimum atomic E-state index is -1.20. The first kappa shape index (κ1) is 18.7. The zero-order valence-corrected chi connectivity index (χ0v) is 13.3. The van der Waals surface area contributed by atoms with Gasteiger partial charge in [0.1, 0.15) is 6.61 Å². The van der Waals surface area contributed by atoms with Gasteiger partial charge in [0.05, 0.1) is 30.1 Å². The number of esters is 1. The number of rotatable bonds is 9. The molecule has 0 aromatic heterocycles. The molecule has 0 aliphatic carbocycles. The smallest absolute Gasteiger partial charge is 0.339 e. The molecule has 126 valence electrons. The Morgan fingerprint density at radius 3 is 2.48 bits per heavy atom. The van der Waals surface area contributed by atoms with Gasteiger partial charge >= 0.3 is 11.9 Å². The Morgan fingerprint density at radius 2 is 1.87 bits per heavy atom. The van der Waals surface area contributed by atoms with Crippen LogP contribution in [0.25, 0.3) is 0 Å². The Labute approximate surface area is 135 Å². The molecule has 0 saturated heterocycles. The minimum Gasteiger partial charge on any atom is -0.501 e. The van der Waals surface area contributed by atoms with Crippen LogP contribution >= 0.6 is 0 Å². The van der Waals surface area contributed by atoms with E-state index in [4.69, 9.17) is 14.6 Å². The van der Waals surface area contributed by atoms with Crippen molar-refractivity contribution in [2.24, 2.45) is 0 Å². The van der Waals surface area contributed by atoms with Crippen LogP contribution in [0.15, 0.2) is 36.1 Å². The first-order chi connectivity index (χ1) is 10.9. The van der Waals surface area contributed by atoms with Gasteiger partial charge in [-0.3, -0.25) is 0 Å². The molecule has 1 atom stereocenters. The Balaban J connectivity index is 2.38. The standard InChI is InChI=1S/C17H22O6/c1-12(2)10-22-9-5-6-13(18)11-23-17(21)15-8-4-3-7-14(15)16(19)20/h3-4,7-8,10,13,18H,5-6,9,11H2,1-2H3,(H,19,20). The third-order valence-electron chi connectivity index (χ3n) is 2.90. The Morgan fingerprint density at radius 1 is 1.22 bits per heavy atom. The van der Waals surface area contributed by atoms with Gasteiger partial charge in [-0.15, -0.1) is 0 Å². The van der Waals surface area contributed by atoms with Crippen molar-refractivity contribution in [3.05, 3.63) is 47.2 Å². The van der Waals surface area contributed by atoms with Crippen molar-refractivity contribution in [3.8, 4) is 0 Å². The molecule has 0 bridgehead atoms. The second-order valence-corrected chi connectivity index (χ2v) is 5.31. The van der Waals surface area contributed by atoms with E-state index in [2.05, 4.69) is 0 Å². The summed E-state index contributed by atoms with van der Waals surface area (Å²) in [5.41, 5.74) is 0.901. The number of carbonyl (C=O) groups is 2. The molecule has 1 aromatic rings. The summed E-state index contributed by atoms with van der Waals surface area (Å²) >= 11 is 0. The van der Waals surface area contributed by atoms with Crippen LogP contribution in [0.5, 0.6) is 0 Å². The summed E-state index contributed by atoms with van der Waals surface area (Å²) in [6, 6.07) is 5.79. The SMILES string of the molecule is CC(C)=COCCCC(O)COC(=O)c1ccccc1C(=O)O. The number of carbonyl (C=O) groups excluding carboxylic acids is 1. The van der Waals surface area contributed by atoms with Crippen molar-refractivity contribution in [2.75, 3.05) is 13.2 Å². The lowest BCUT2D eigenvalue weighted by Crippen LogP contribution is -2.20. The topological polar surface area (TPSA) is 93.1 Å². The van der Waals surface area contributed by atoms with Gasteiger partial charge in [-0.25, -0.2) is 9.59 Å². The van der Waals surface area contributed by atoms with Gasteiger partial charge < -0.3 is 19.7 Å². The van der Waals surface area contributed by atoms with E-state index in [1.807, 2.05) is 13.8 Å². The molecule has 0 fully saturated rings. The highest BCUT2D eigenvalue weighted by Crippen LogP contribution is 2.11. The number of aromatic carboxylic acids is 1. The molecule has 1 rings (SSSR count). The molecule has 0 heterocycles. The molecule has 0 amide bonds. The molecule has 0 spiro atoms. The summed E-state index contributed by atoms with van der Waals surface area (Å²) in [7, 11) is 0. The predicted octanol–water partition coefficient (Wildman–Crippen LogP) is 2.62. The number of ether oxygens (including phenoxy) is 2. The van der Waals surface area contributed by atoms with E-state index in [1.165, 1.54) is 18.2 Å². The lowest BCUT2D eigenvalue weighted by atomic mass is 10.1. The van der Waals surface area contributed by atoms with Crippen molar-refractivity contribution in [2.45, 2.75) is 32.8 Å². The predicted molar refractivity (Wildman–Crippen MR) is 84.3 cm³/mol. The first-order valence-corrected chi connectivity index (χ1v) is 7.34. The second kappa shape index (κ2) is 9.63. The highest BCUT2D eigenvalue weighted by Gasteiger charge is 2.18. The number of aliphatic hydroxyl groups excluding tert-OH is 1. The second-order valence-electron chi connectivity index (χ2n) is 5.31. The molecule has 0 aliphatic rings. The number of allylic oxidation sites excluding steroid dienone is 1. The number of carboxylic acids is 1. The minimum absolute atomic E-state index is 0.0286. The molecule has 0 saturated carbocycles. The average molecular weight is 322 g/mol. The summed E-state index contributed by atoms with van der Waals surface area (Å²) < 4.78 is 10.2. The van der Waals surface area contributed by atoms with Gasteiger partial charge in [0.15, 0.2) is 0 Å². The molecule has 2 N–H and O–H groups in total. The third kappa shape index (κ3) is 6.97.